The molecule has 3 rings (SSSR count). The minimum Gasteiger partial charge on any atom is -0.481 e. The number of aromatic nitrogens is 2. The number of hydrogen-bond acceptors (Lipinski definition) is 8. The van der Waals surface area contributed by atoms with Crippen LogP contribution in [0.3, 0.4) is 0 Å². The summed E-state index contributed by atoms with van der Waals surface area (Å²) in [5, 5.41) is 0. The second-order valence-electron chi connectivity index (χ2n) is 5.52. The molecule has 0 saturated carbocycles. The highest BCUT2D eigenvalue weighted by molar-refractivity contribution is 5.73. The Bertz CT molecular complexity index is 594. The lowest BCUT2D eigenvalue weighted by Gasteiger charge is -2.25. The molecule has 3 atom stereocenters. The van der Waals surface area contributed by atoms with Crippen LogP contribution < -0.4 is 14.2 Å². The molecular formula is C16H20N2O6. The van der Waals surface area contributed by atoms with Gasteiger partial charge in [0.2, 0.25) is 11.8 Å². The van der Waals surface area contributed by atoms with Crippen LogP contribution in [0.25, 0.3) is 0 Å². The van der Waals surface area contributed by atoms with Crippen LogP contribution in [0.1, 0.15) is 12.8 Å². The highest BCUT2D eigenvalue weighted by atomic mass is 16.6. The summed E-state index contributed by atoms with van der Waals surface area (Å²) in [5.41, 5.74) is 0. The van der Waals surface area contributed by atoms with Crippen molar-refractivity contribution in [3.63, 3.8) is 0 Å². The van der Waals surface area contributed by atoms with Crippen LogP contribution in [0.5, 0.6) is 17.8 Å². The van der Waals surface area contributed by atoms with E-state index in [9.17, 15) is 4.79 Å². The standard InChI is InChI=1S/C16H20N2O6/c1-20-13-7-14(21-2)18-16(17-13)24-12-6-4-3-5-11(12)15(19)23-9-10-8-22-10/h4,6-7,10-12H,3,5,8-9H2,1-2H3. The van der Waals surface area contributed by atoms with Crippen LogP contribution in [0, 0.1) is 5.92 Å². The highest BCUT2D eigenvalue weighted by Gasteiger charge is 2.34. The zero-order valence-electron chi connectivity index (χ0n) is 13.6. The molecule has 3 unspecified atom stereocenters. The molecule has 1 aromatic rings. The number of carbonyl (C=O) groups excluding carboxylic acids is 1. The van der Waals surface area contributed by atoms with E-state index < -0.39 is 12.0 Å². The van der Waals surface area contributed by atoms with Gasteiger partial charge in [0.05, 0.1) is 32.8 Å². The van der Waals surface area contributed by atoms with E-state index in [4.69, 9.17) is 23.7 Å². The molecule has 0 bridgehead atoms. The second kappa shape index (κ2) is 7.48. The Morgan fingerprint density at radius 3 is 2.62 bits per heavy atom. The molecule has 2 heterocycles. The molecule has 1 aliphatic heterocycles. The maximum absolute atomic E-state index is 12.3. The quantitative estimate of drug-likeness (QED) is 0.416. The van der Waals surface area contributed by atoms with Crippen molar-refractivity contribution >= 4 is 5.97 Å². The number of allylic oxidation sites excluding steroid dienone is 1. The first-order valence-electron chi connectivity index (χ1n) is 7.78. The number of ether oxygens (including phenoxy) is 5. The van der Waals surface area contributed by atoms with Crippen molar-refractivity contribution in [1.29, 1.82) is 0 Å². The zero-order chi connectivity index (χ0) is 16.9. The van der Waals surface area contributed by atoms with Gasteiger partial charge in [-0.15, -0.1) is 0 Å². The molecule has 2 aliphatic rings. The lowest BCUT2D eigenvalue weighted by molar-refractivity contribution is -0.152. The number of esters is 1. The average molecular weight is 336 g/mol. The van der Waals surface area contributed by atoms with E-state index in [1.54, 1.807) is 6.07 Å². The molecule has 24 heavy (non-hydrogen) atoms. The van der Waals surface area contributed by atoms with Crippen LogP contribution in [-0.4, -0.2) is 55.6 Å². The Balaban J connectivity index is 1.69. The number of epoxide rings is 1. The summed E-state index contributed by atoms with van der Waals surface area (Å²) in [7, 11) is 2.98. The number of nitrogens with zero attached hydrogens (tertiary/aromatic N) is 2. The van der Waals surface area contributed by atoms with Gasteiger partial charge in [0.15, 0.2) is 0 Å². The van der Waals surface area contributed by atoms with Crippen LogP contribution >= 0.6 is 0 Å². The Morgan fingerprint density at radius 1 is 1.29 bits per heavy atom. The molecule has 1 aromatic heterocycles. The van der Waals surface area contributed by atoms with E-state index in [0.29, 0.717) is 24.8 Å². The van der Waals surface area contributed by atoms with Crippen LogP contribution in [0.2, 0.25) is 0 Å². The third-order valence-corrected chi connectivity index (χ3v) is 3.80. The van der Waals surface area contributed by atoms with Crippen LogP contribution in [0.4, 0.5) is 0 Å². The Morgan fingerprint density at radius 2 is 2.00 bits per heavy atom. The van der Waals surface area contributed by atoms with Crippen molar-refractivity contribution < 1.29 is 28.5 Å². The van der Waals surface area contributed by atoms with Crippen molar-refractivity contribution in [2.75, 3.05) is 27.4 Å². The van der Waals surface area contributed by atoms with E-state index in [-0.39, 0.29) is 24.7 Å². The smallest absolute Gasteiger partial charge is 0.323 e. The van der Waals surface area contributed by atoms with Crippen molar-refractivity contribution in [1.82, 2.24) is 9.97 Å². The first-order valence-corrected chi connectivity index (χ1v) is 7.78. The number of carbonyl (C=O) groups is 1. The van der Waals surface area contributed by atoms with Crippen molar-refractivity contribution in [2.24, 2.45) is 5.92 Å². The summed E-state index contributed by atoms with van der Waals surface area (Å²) in [6.45, 7) is 0.935. The largest absolute Gasteiger partial charge is 0.481 e. The van der Waals surface area contributed by atoms with Gasteiger partial charge in [-0.2, -0.15) is 9.97 Å². The monoisotopic (exact) mass is 336 g/mol. The molecule has 1 saturated heterocycles. The van der Waals surface area contributed by atoms with Crippen LogP contribution in [0.15, 0.2) is 18.2 Å². The average Bonchev–Trinajstić information content (AvgIpc) is 3.44. The van der Waals surface area contributed by atoms with Gasteiger partial charge in [0, 0.05) is 0 Å². The topological polar surface area (TPSA) is 92.3 Å². The van der Waals surface area contributed by atoms with Crippen LogP contribution in [-0.2, 0) is 14.3 Å². The predicted molar refractivity (Wildman–Crippen MR) is 82.1 cm³/mol. The van der Waals surface area contributed by atoms with Gasteiger partial charge in [0.1, 0.15) is 18.8 Å². The summed E-state index contributed by atoms with van der Waals surface area (Å²) in [6.07, 6.45) is 4.78. The van der Waals surface area contributed by atoms with Gasteiger partial charge < -0.3 is 23.7 Å². The predicted octanol–water partition coefficient (Wildman–Crippen LogP) is 1.15. The van der Waals surface area contributed by atoms with Crippen molar-refractivity contribution in [3.05, 3.63) is 18.2 Å². The van der Waals surface area contributed by atoms with E-state index in [1.165, 1.54) is 14.2 Å². The highest BCUT2D eigenvalue weighted by Crippen LogP contribution is 2.26. The third kappa shape index (κ3) is 4.14. The van der Waals surface area contributed by atoms with Gasteiger partial charge in [-0.3, -0.25) is 4.79 Å². The SMILES string of the molecule is COc1cc(OC)nc(OC2C=CCCC2C(=O)OCC2CO2)n1. The summed E-state index contributed by atoms with van der Waals surface area (Å²) >= 11 is 0. The number of methoxy groups -OCH3 is 2. The molecule has 0 aromatic carbocycles. The minimum atomic E-state index is -0.497. The Kier molecular flexibility index (Phi) is 5.14. The zero-order valence-corrected chi connectivity index (χ0v) is 13.6. The lowest BCUT2D eigenvalue weighted by Crippen LogP contribution is -2.35. The number of rotatable bonds is 7. The summed E-state index contributed by atoms with van der Waals surface area (Å²) in [4.78, 5) is 20.6. The molecular weight excluding hydrogens is 316 g/mol. The molecule has 0 N–H and O–H groups in total. The van der Waals surface area contributed by atoms with E-state index in [0.717, 1.165) is 6.42 Å². The van der Waals surface area contributed by atoms with Gasteiger partial charge in [-0.1, -0.05) is 6.08 Å². The summed E-state index contributed by atoms with van der Waals surface area (Å²) in [5.74, 6) is -0.0625. The molecule has 8 nitrogen and oxygen atoms in total. The summed E-state index contributed by atoms with van der Waals surface area (Å²) < 4.78 is 26.3. The first-order chi connectivity index (χ1) is 11.7. The van der Waals surface area contributed by atoms with Crippen molar-refractivity contribution in [3.8, 4) is 17.8 Å². The fraction of sp³-hybridized carbons (Fsp3) is 0.562. The van der Waals surface area contributed by atoms with E-state index in [1.807, 2.05) is 12.2 Å². The fourth-order valence-corrected chi connectivity index (χ4v) is 2.39. The van der Waals surface area contributed by atoms with Gasteiger partial charge >= 0.3 is 12.0 Å². The second-order valence-corrected chi connectivity index (χ2v) is 5.52. The van der Waals surface area contributed by atoms with Gasteiger partial charge in [-0.25, -0.2) is 0 Å². The molecule has 0 spiro atoms. The summed E-state index contributed by atoms with van der Waals surface area (Å²) in [6, 6.07) is 1.64. The van der Waals surface area contributed by atoms with Gasteiger partial charge in [0.25, 0.3) is 0 Å². The maximum atomic E-state index is 12.3. The number of hydrogen-bond donors (Lipinski definition) is 0. The third-order valence-electron chi connectivity index (χ3n) is 3.80. The normalized spacial score (nSPS) is 25.0. The molecule has 8 heteroatoms. The molecule has 0 radical (unpaired) electrons. The Labute approximate surface area is 139 Å². The molecule has 1 aliphatic carbocycles. The molecule has 1 fully saturated rings. The van der Waals surface area contributed by atoms with Crippen molar-refractivity contribution in [2.45, 2.75) is 25.0 Å². The minimum absolute atomic E-state index is 0.0402. The Hall–Kier alpha value is -2.35. The first kappa shape index (κ1) is 16.5. The lowest BCUT2D eigenvalue weighted by atomic mass is 9.91. The van der Waals surface area contributed by atoms with Gasteiger partial charge in [-0.05, 0) is 18.9 Å². The molecule has 0 amide bonds. The fourth-order valence-electron chi connectivity index (χ4n) is 2.39. The maximum Gasteiger partial charge on any atom is 0.323 e. The van der Waals surface area contributed by atoms with E-state index >= 15 is 0 Å². The van der Waals surface area contributed by atoms with E-state index in [2.05, 4.69) is 9.97 Å². The molecule has 130 valence electrons.